The number of carbonyl (C=O) groups is 2. The highest BCUT2D eigenvalue weighted by atomic mass is 32.2. The molecule has 0 spiro atoms. The molecule has 0 bridgehead atoms. The summed E-state index contributed by atoms with van der Waals surface area (Å²) in [5.41, 5.74) is 5.30. The number of carboxylic acids is 1. The lowest BCUT2D eigenvalue weighted by Gasteiger charge is -2.19. The molecule has 0 aliphatic heterocycles. The number of amides is 1. The summed E-state index contributed by atoms with van der Waals surface area (Å²) in [5.74, 6) is -2.34. The number of carbonyl (C=O) groups excluding carboxylic acids is 2. The van der Waals surface area contributed by atoms with Crippen molar-refractivity contribution in [2.75, 3.05) is 0 Å². The molecule has 3 N–H and O–H groups in total. The Morgan fingerprint density at radius 2 is 1.86 bits per heavy atom. The molecule has 0 aliphatic rings. The van der Waals surface area contributed by atoms with Gasteiger partial charge in [0.15, 0.2) is 0 Å². The minimum atomic E-state index is -4.13. The van der Waals surface area contributed by atoms with Crippen LogP contribution in [-0.4, -0.2) is 20.3 Å². The zero-order valence-corrected chi connectivity index (χ0v) is 12.7. The Labute approximate surface area is 130 Å². The van der Waals surface area contributed by atoms with Crippen LogP contribution in [0.4, 0.5) is 0 Å². The molecule has 0 radical (unpaired) electrons. The fourth-order valence-electron chi connectivity index (χ4n) is 1.71. The number of hydrogen-bond donors (Lipinski definition) is 2. The van der Waals surface area contributed by atoms with Crippen LogP contribution in [0.15, 0.2) is 46.7 Å². The number of sulfonamides is 1. The van der Waals surface area contributed by atoms with Crippen molar-refractivity contribution in [3.8, 4) is 0 Å². The van der Waals surface area contributed by atoms with Gasteiger partial charge in [-0.05, 0) is 11.6 Å². The third kappa shape index (κ3) is 3.50. The van der Waals surface area contributed by atoms with E-state index in [1.165, 1.54) is 17.5 Å². The quantitative estimate of drug-likeness (QED) is 0.741. The molecule has 0 unspecified atom stereocenters. The van der Waals surface area contributed by atoms with E-state index in [1.54, 1.807) is 18.2 Å². The molecule has 2 aromatic rings. The summed E-state index contributed by atoms with van der Waals surface area (Å²) in [6.45, 7) is 0. The molecule has 2 rings (SSSR count). The highest BCUT2D eigenvalue weighted by Gasteiger charge is 2.24. The van der Waals surface area contributed by atoms with Crippen molar-refractivity contribution in [2.45, 2.75) is 10.9 Å². The van der Waals surface area contributed by atoms with E-state index in [1.807, 2.05) is 4.72 Å². The lowest BCUT2D eigenvalue weighted by Crippen LogP contribution is -2.41. The summed E-state index contributed by atoms with van der Waals surface area (Å²) in [7, 11) is -4.13. The topological polar surface area (TPSA) is 129 Å². The van der Waals surface area contributed by atoms with Crippen LogP contribution in [0.25, 0.3) is 0 Å². The van der Waals surface area contributed by atoms with Gasteiger partial charge in [-0.25, -0.2) is 8.42 Å². The molecule has 9 heteroatoms. The van der Waals surface area contributed by atoms with E-state index in [-0.39, 0.29) is 15.3 Å². The number of nitrogens with one attached hydrogen (secondary N) is 1. The summed E-state index contributed by atoms with van der Waals surface area (Å²) >= 11 is 0.859. The Balaban J connectivity index is 2.32. The first kappa shape index (κ1) is 16.1. The monoisotopic (exact) mass is 339 g/mol. The predicted octanol–water partition coefficient (Wildman–Crippen LogP) is -0.383. The van der Waals surface area contributed by atoms with Crippen molar-refractivity contribution >= 4 is 33.2 Å². The first-order valence-electron chi connectivity index (χ1n) is 5.98. The molecule has 1 aromatic heterocycles. The predicted molar refractivity (Wildman–Crippen MR) is 77.3 cm³/mol. The number of thiophene rings is 1. The van der Waals surface area contributed by atoms with E-state index >= 15 is 0 Å². The molecule has 1 aromatic carbocycles. The summed E-state index contributed by atoms with van der Waals surface area (Å²) in [6, 6.07) is 7.31. The molecule has 1 amide bonds. The zero-order valence-electron chi connectivity index (χ0n) is 11.1. The Hall–Kier alpha value is -2.23. The second kappa shape index (κ2) is 6.26. The van der Waals surface area contributed by atoms with Crippen LogP contribution in [0.1, 0.15) is 21.3 Å². The maximum Gasteiger partial charge on any atom is 0.258 e. The van der Waals surface area contributed by atoms with E-state index in [9.17, 15) is 23.1 Å². The maximum atomic E-state index is 12.2. The van der Waals surface area contributed by atoms with Crippen molar-refractivity contribution in [3.05, 3.63) is 52.2 Å². The normalized spacial score (nSPS) is 12.7. The van der Waals surface area contributed by atoms with Crippen LogP contribution in [0.2, 0.25) is 0 Å². The summed E-state index contributed by atoms with van der Waals surface area (Å²) < 4.78 is 26.5. The molecule has 0 saturated carbocycles. The highest BCUT2D eigenvalue weighted by Crippen LogP contribution is 2.21. The summed E-state index contributed by atoms with van der Waals surface area (Å²) in [5, 5.41) is 12.4. The molecule has 1 atom stereocenters. The molecule has 22 heavy (non-hydrogen) atoms. The van der Waals surface area contributed by atoms with Gasteiger partial charge < -0.3 is 15.6 Å². The third-order valence-corrected chi connectivity index (χ3v) is 5.27. The number of benzene rings is 1. The molecular formula is C13H11N2O5S2-. The lowest BCUT2D eigenvalue weighted by molar-refractivity contribution is -0.308. The van der Waals surface area contributed by atoms with Gasteiger partial charge in [0, 0.05) is 5.38 Å². The Bertz CT molecular complexity index is 799. The van der Waals surface area contributed by atoms with Gasteiger partial charge in [0.2, 0.25) is 10.0 Å². The minimum Gasteiger partial charge on any atom is -0.548 e. The molecule has 7 nitrogen and oxygen atoms in total. The fraction of sp³-hybridized carbons (Fsp3) is 0.0769. The first-order chi connectivity index (χ1) is 10.3. The van der Waals surface area contributed by atoms with Crippen LogP contribution in [0, 0.1) is 0 Å². The number of aliphatic carboxylic acids is 1. The molecule has 0 fully saturated rings. The third-order valence-electron chi connectivity index (χ3n) is 2.77. The number of nitrogens with two attached hydrogens (primary N) is 1. The van der Waals surface area contributed by atoms with Crippen LogP contribution in [0.5, 0.6) is 0 Å². The Morgan fingerprint density at radius 1 is 1.23 bits per heavy atom. The Morgan fingerprint density at radius 3 is 2.36 bits per heavy atom. The van der Waals surface area contributed by atoms with Crippen molar-refractivity contribution in [1.82, 2.24) is 4.72 Å². The van der Waals surface area contributed by atoms with Crippen molar-refractivity contribution in [3.63, 3.8) is 0 Å². The van der Waals surface area contributed by atoms with Gasteiger partial charge in [0.05, 0.1) is 21.8 Å². The minimum absolute atomic E-state index is 0.0603. The highest BCUT2D eigenvalue weighted by molar-refractivity contribution is 7.89. The van der Waals surface area contributed by atoms with Gasteiger partial charge in [-0.15, -0.1) is 11.3 Å². The van der Waals surface area contributed by atoms with E-state index in [4.69, 9.17) is 5.73 Å². The number of primary amides is 1. The van der Waals surface area contributed by atoms with Crippen LogP contribution >= 0.6 is 11.3 Å². The SMILES string of the molecule is NC(=O)c1cc(S(=O)(=O)N[C@@H](C(=O)[O-])c2ccccc2)cs1. The second-order valence-corrected chi connectivity index (χ2v) is 6.92. The van der Waals surface area contributed by atoms with Gasteiger partial charge in [-0.2, -0.15) is 4.72 Å². The van der Waals surface area contributed by atoms with Gasteiger partial charge in [0.25, 0.3) is 5.91 Å². The largest absolute Gasteiger partial charge is 0.548 e. The average molecular weight is 339 g/mol. The van der Waals surface area contributed by atoms with E-state index in [0.29, 0.717) is 0 Å². The van der Waals surface area contributed by atoms with Crippen molar-refractivity contribution in [2.24, 2.45) is 5.73 Å². The summed E-state index contributed by atoms with van der Waals surface area (Å²) in [6.07, 6.45) is 0. The van der Waals surface area contributed by atoms with Crippen molar-refractivity contribution < 1.29 is 23.1 Å². The van der Waals surface area contributed by atoms with E-state index in [0.717, 1.165) is 17.4 Å². The number of carboxylic acid groups (broad SMARTS) is 1. The van der Waals surface area contributed by atoms with Crippen LogP contribution in [-0.2, 0) is 14.8 Å². The smallest absolute Gasteiger partial charge is 0.258 e. The number of rotatable bonds is 6. The van der Waals surface area contributed by atoms with Crippen LogP contribution in [0.3, 0.4) is 0 Å². The molecular weight excluding hydrogens is 328 g/mol. The maximum absolute atomic E-state index is 12.2. The van der Waals surface area contributed by atoms with Crippen LogP contribution < -0.4 is 15.6 Å². The van der Waals surface area contributed by atoms with E-state index < -0.39 is 27.9 Å². The molecule has 0 aliphatic carbocycles. The summed E-state index contributed by atoms with van der Waals surface area (Å²) in [4.78, 5) is 22.1. The zero-order chi connectivity index (χ0) is 16.3. The fourth-order valence-corrected chi connectivity index (χ4v) is 4.01. The second-order valence-electron chi connectivity index (χ2n) is 4.29. The van der Waals surface area contributed by atoms with Gasteiger partial charge >= 0.3 is 0 Å². The van der Waals surface area contributed by atoms with E-state index in [2.05, 4.69) is 0 Å². The molecule has 116 valence electrons. The molecule has 1 heterocycles. The molecule has 0 saturated heterocycles. The van der Waals surface area contributed by atoms with Gasteiger partial charge in [-0.1, -0.05) is 30.3 Å². The first-order valence-corrected chi connectivity index (χ1v) is 8.34. The standard InChI is InChI=1S/C13H12N2O5S2/c14-12(16)10-6-9(7-21-10)22(19,20)15-11(13(17)18)8-4-2-1-3-5-8/h1-7,11,15H,(H2,14,16)(H,17,18)/p-1/t11-/m1/s1. The van der Waals surface area contributed by atoms with Gasteiger partial charge in [0.1, 0.15) is 0 Å². The van der Waals surface area contributed by atoms with Crippen molar-refractivity contribution in [1.29, 1.82) is 0 Å². The average Bonchev–Trinajstić information content (AvgIpc) is 2.96. The van der Waals surface area contributed by atoms with Gasteiger partial charge in [-0.3, -0.25) is 4.79 Å². The Kier molecular flexibility index (Phi) is 4.59. The number of hydrogen-bond acceptors (Lipinski definition) is 6. The lowest BCUT2D eigenvalue weighted by atomic mass is 10.1.